The van der Waals surface area contributed by atoms with Gasteiger partial charge in [0.2, 0.25) is 0 Å². The Morgan fingerprint density at radius 2 is 1.74 bits per heavy atom. The topological polar surface area (TPSA) is 153 Å². The molecular weight excluding hydrogens is 716 g/mol. The summed E-state index contributed by atoms with van der Waals surface area (Å²) in [6.07, 6.45) is 6.21. The molecule has 1 aliphatic rings. The molecule has 0 bridgehead atoms. The van der Waals surface area contributed by atoms with E-state index in [9.17, 15) is 14.9 Å². The number of ether oxygens (including phenoxy) is 3. The van der Waals surface area contributed by atoms with E-state index in [0.29, 0.717) is 72.5 Å². The van der Waals surface area contributed by atoms with Crippen LogP contribution >= 0.6 is 11.6 Å². The van der Waals surface area contributed by atoms with Gasteiger partial charge in [-0.2, -0.15) is 5.10 Å². The molecule has 16 heteroatoms. The number of nitro benzene ring substituents is 1. The predicted octanol–water partition coefficient (Wildman–Crippen LogP) is 8.65. The smallest absolute Gasteiger partial charge is 0.415 e. The van der Waals surface area contributed by atoms with Gasteiger partial charge in [-0.3, -0.25) is 19.8 Å². The Morgan fingerprint density at radius 1 is 1.00 bits per heavy atom. The van der Waals surface area contributed by atoms with E-state index in [1.54, 1.807) is 23.4 Å². The molecule has 0 aliphatic carbocycles. The SMILES string of the molecule is Cc1nc2ccc(Oc3ccc4ncc(-c5cnn(C6CCN(C(=O)Oc7ccc([N+](=O)[O-])cc7)CC6)c5)nc4c3Cl)cc2n1COCC[Si](C)(C)C. The summed E-state index contributed by atoms with van der Waals surface area (Å²) in [6, 6.07) is 16.0. The first-order valence-electron chi connectivity index (χ1n) is 17.4. The number of halogens is 1. The van der Waals surface area contributed by atoms with Crippen LogP contribution in [0.4, 0.5) is 10.5 Å². The van der Waals surface area contributed by atoms with Crippen LogP contribution in [-0.2, 0) is 11.5 Å². The van der Waals surface area contributed by atoms with Crippen molar-refractivity contribution in [2.24, 2.45) is 0 Å². The van der Waals surface area contributed by atoms with Gasteiger partial charge in [0.15, 0.2) is 0 Å². The molecular formula is C37H39ClN8O6Si. The Kier molecular flexibility index (Phi) is 10.1. The maximum atomic E-state index is 12.7. The van der Waals surface area contributed by atoms with Crippen molar-refractivity contribution >= 4 is 53.5 Å². The first-order chi connectivity index (χ1) is 25.4. The minimum atomic E-state index is -1.19. The number of carbonyl (C=O) groups is 1. The Balaban J connectivity index is 1.01. The van der Waals surface area contributed by atoms with E-state index in [2.05, 4.69) is 29.7 Å². The molecule has 0 spiro atoms. The lowest BCUT2D eigenvalue weighted by Crippen LogP contribution is -2.40. The third-order valence-electron chi connectivity index (χ3n) is 9.22. The number of non-ortho nitro benzene ring substituents is 1. The molecule has 7 rings (SSSR count). The molecule has 1 fully saturated rings. The molecule has 0 saturated carbocycles. The molecule has 274 valence electrons. The van der Waals surface area contributed by atoms with Gasteiger partial charge in [0.05, 0.1) is 45.6 Å². The zero-order valence-corrected chi connectivity index (χ0v) is 31.6. The number of aromatic nitrogens is 6. The summed E-state index contributed by atoms with van der Waals surface area (Å²) < 4.78 is 21.7. The number of hydrogen-bond acceptors (Lipinski definition) is 10. The van der Waals surface area contributed by atoms with E-state index in [1.807, 2.05) is 46.6 Å². The normalized spacial score (nSPS) is 13.9. The number of fused-ring (bicyclic) bond motifs is 2. The van der Waals surface area contributed by atoms with Crippen LogP contribution in [0.15, 0.2) is 73.2 Å². The lowest BCUT2D eigenvalue weighted by Gasteiger charge is -2.31. The molecule has 0 atom stereocenters. The predicted molar refractivity (Wildman–Crippen MR) is 203 cm³/mol. The molecule has 1 saturated heterocycles. The minimum Gasteiger partial charge on any atom is -0.456 e. The van der Waals surface area contributed by atoms with E-state index < -0.39 is 19.1 Å². The molecule has 3 aromatic carbocycles. The largest absolute Gasteiger partial charge is 0.456 e. The number of benzene rings is 3. The maximum Gasteiger partial charge on any atom is 0.415 e. The highest BCUT2D eigenvalue weighted by atomic mass is 35.5. The first-order valence-corrected chi connectivity index (χ1v) is 21.4. The number of nitro groups is 1. The average Bonchev–Trinajstić information content (AvgIpc) is 3.75. The van der Waals surface area contributed by atoms with E-state index in [0.717, 1.165) is 28.5 Å². The number of carbonyl (C=O) groups excluding carboxylic acids is 1. The molecule has 1 amide bonds. The Labute approximate surface area is 311 Å². The van der Waals surface area contributed by atoms with Crippen LogP contribution in [0.5, 0.6) is 17.2 Å². The van der Waals surface area contributed by atoms with Gasteiger partial charge in [-0.1, -0.05) is 31.2 Å². The number of nitrogens with zero attached hydrogens (tertiary/aromatic N) is 8. The number of aryl methyl sites for hydroxylation is 1. The molecule has 0 unspecified atom stereocenters. The van der Waals surface area contributed by atoms with Gasteiger partial charge in [-0.25, -0.2) is 14.8 Å². The van der Waals surface area contributed by atoms with Crippen LogP contribution in [0, 0.1) is 17.0 Å². The van der Waals surface area contributed by atoms with Crippen molar-refractivity contribution < 1.29 is 23.9 Å². The molecule has 0 N–H and O–H groups in total. The highest BCUT2D eigenvalue weighted by Crippen LogP contribution is 2.36. The highest BCUT2D eigenvalue weighted by molar-refractivity contribution is 6.76. The van der Waals surface area contributed by atoms with Gasteiger partial charge in [0, 0.05) is 57.7 Å². The van der Waals surface area contributed by atoms with Gasteiger partial charge in [0.1, 0.15) is 40.3 Å². The molecule has 1 aliphatic heterocycles. The Hall–Kier alpha value is -5.38. The fourth-order valence-corrected chi connectivity index (χ4v) is 7.14. The van der Waals surface area contributed by atoms with Crippen molar-refractivity contribution in [2.45, 2.75) is 58.2 Å². The van der Waals surface area contributed by atoms with Crippen molar-refractivity contribution in [1.29, 1.82) is 0 Å². The molecule has 4 heterocycles. The van der Waals surface area contributed by atoms with Crippen LogP contribution < -0.4 is 9.47 Å². The van der Waals surface area contributed by atoms with Gasteiger partial charge >= 0.3 is 6.09 Å². The van der Waals surface area contributed by atoms with Crippen molar-refractivity contribution in [3.63, 3.8) is 0 Å². The fraction of sp³-hybridized carbons (Fsp3) is 0.324. The average molecular weight is 755 g/mol. The van der Waals surface area contributed by atoms with E-state index in [4.69, 9.17) is 35.8 Å². The maximum absolute atomic E-state index is 12.7. The van der Waals surface area contributed by atoms with E-state index in [-0.39, 0.29) is 17.5 Å². The van der Waals surface area contributed by atoms with Gasteiger partial charge in [-0.05, 0) is 62.2 Å². The minimum absolute atomic E-state index is 0.0679. The number of rotatable bonds is 11. The zero-order chi connectivity index (χ0) is 37.3. The van der Waals surface area contributed by atoms with Crippen LogP contribution in [0.2, 0.25) is 30.7 Å². The van der Waals surface area contributed by atoms with Gasteiger partial charge in [0.25, 0.3) is 5.69 Å². The lowest BCUT2D eigenvalue weighted by molar-refractivity contribution is -0.384. The quantitative estimate of drug-likeness (QED) is 0.0544. The van der Waals surface area contributed by atoms with Gasteiger partial charge in [-0.15, -0.1) is 0 Å². The van der Waals surface area contributed by atoms with Crippen LogP contribution in [0.3, 0.4) is 0 Å². The fourth-order valence-electron chi connectivity index (χ4n) is 6.14. The second kappa shape index (κ2) is 14.9. The molecule has 14 nitrogen and oxygen atoms in total. The van der Waals surface area contributed by atoms with Crippen LogP contribution in [-0.4, -0.2) is 73.0 Å². The molecule has 6 aromatic rings. The van der Waals surface area contributed by atoms with Crippen LogP contribution in [0.25, 0.3) is 33.3 Å². The number of hydrogen-bond donors (Lipinski definition) is 0. The van der Waals surface area contributed by atoms with Crippen molar-refractivity contribution in [3.8, 4) is 28.5 Å². The summed E-state index contributed by atoms with van der Waals surface area (Å²) in [4.78, 5) is 38.9. The lowest BCUT2D eigenvalue weighted by atomic mass is 10.1. The number of amides is 1. The molecule has 0 radical (unpaired) electrons. The summed E-state index contributed by atoms with van der Waals surface area (Å²) in [5.74, 6) is 2.18. The van der Waals surface area contributed by atoms with E-state index in [1.165, 1.54) is 24.3 Å². The van der Waals surface area contributed by atoms with E-state index >= 15 is 0 Å². The number of imidazole rings is 1. The molecule has 3 aromatic heterocycles. The third kappa shape index (κ3) is 8.16. The number of piperidine rings is 1. The van der Waals surface area contributed by atoms with Crippen molar-refractivity contribution in [1.82, 2.24) is 34.2 Å². The zero-order valence-electron chi connectivity index (χ0n) is 29.9. The summed E-state index contributed by atoms with van der Waals surface area (Å²) in [6.45, 7) is 11.1. The summed E-state index contributed by atoms with van der Waals surface area (Å²) >= 11 is 6.91. The standard InChI is InChI=1S/C37H39ClN8O6Si/c1-24-41-30-10-9-29(19-33(30)44(24)23-50-17-18-53(2,3)4)51-34-12-11-31-36(35(34)38)42-32(21-39-31)25-20-40-45(22-25)26-13-15-43(16-14-26)37(47)52-28-7-5-27(6-8-28)46(48)49/h5-12,19-22,26H,13-18,23H2,1-4H3. The first kappa shape index (κ1) is 36.0. The second-order valence-electron chi connectivity index (χ2n) is 14.2. The monoisotopic (exact) mass is 754 g/mol. The summed E-state index contributed by atoms with van der Waals surface area (Å²) in [5, 5.41) is 15.8. The number of likely N-dealkylation sites (tertiary alicyclic amines) is 1. The second-order valence-corrected chi connectivity index (χ2v) is 20.2. The third-order valence-corrected chi connectivity index (χ3v) is 11.3. The summed E-state index contributed by atoms with van der Waals surface area (Å²) in [7, 11) is -1.19. The Bertz CT molecular complexity index is 2300. The van der Waals surface area contributed by atoms with Crippen molar-refractivity contribution in [2.75, 3.05) is 19.7 Å². The summed E-state index contributed by atoms with van der Waals surface area (Å²) in [5.41, 5.74) is 4.23. The highest BCUT2D eigenvalue weighted by Gasteiger charge is 2.26. The van der Waals surface area contributed by atoms with Crippen LogP contribution in [0.1, 0.15) is 24.7 Å². The molecule has 53 heavy (non-hydrogen) atoms. The van der Waals surface area contributed by atoms with Crippen molar-refractivity contribution in [3.05, 3.63) is 94.1 Å². The van der Waals surface area contributed by atoms with Gasteiger partial charge < -0.3 is 23.7 Å². The Morgan fingerprint density at radius 3 is 2.47 bits per heavy atom.